The Kier molecular flexibility index (Phi) is 6.07. The number of hydrogen-bond acceptors (Lipinski definition) is 4. The Balaban J connectivity index is 1.51. The summed E-state index contributed by atoms with van der Waals surface area (Å²) in [4.78, 5) is 12.0. The smallest absolute Gasteiger partial charge is 0.230 e. The summed E-state index contributed by atoms with van der Waals surface area (Å²) >= 11 is 1.40. The van der Waals surface area contributed by atoms with Gasteiger partial charge in [-0.1, -0.05) is 65.9 Å². The summed E-state index contributed by atoms with van der Waals surface area (Å²) in [5.41, 5.74) is 3.42. The molecule has 6 heteroatoms. The van der Waals surface area contributed by atoms with Crippen molar-refractivity contribution in [3.63, 3.8) is 0 Å². The summed E-state index contributed by atoms with van der Waals surface area (Å²) in [7, 11) is 1.92. The number of rotatable bonds is 7. The summed E-state index contributed by atoms with van der Waals surface area (Å²) in [6.45, 7) is 2.69. The third kappa shape index (κ3) is 4.73. The molecule has 1 heterocycles. The van der Waals surface area contributed by atoms with E-state index in [-0.39, 0.29) is 5.91 Å². The van der Waals surface area contributed by atoms with Gasteiger partial charge in [-0.05, 0) is 25.0 Å². The molecule has 1 N–H and O–H groups in total. The molecule has 0 radical (unpaired) electrons. The highest BCUT2D eigenvalue weighted by Crippen LogP contribution is 2.23. The molecule has 0 fully saturated rings. The summed E-state index contributed by atoms with van der Waals surface area (Å²) in [6.07, 6.45) is 0.832. The predicted molar refractivity (Wildman–Crippen MR) is 105 cm³/mol. The van der Waals surface area contributed by atoms with Crippen molar-refractivity contribution in [2.45, 2.75) is 18.5 Å². The monoisotopic (exact) mass is 366 g/mol. The lowest BCUT2D eigenvalue weighted by Crippen LogP contribution is -2.27. The van der Waals surface area contributed by atoms with Crippen LogP contribution in [0.2, 0.25) is 0 Å². The number of nitrogens with zero attached hydrogens (tertiary/aromatic N) is 3. The van der Waals surface area contributed by atoms with Crippen molar-refractivity contribution in [3.8, 4) is 11.4 Å². The quantitative estimate of drug-likeness (QED) is 0.652. The minimum atomic E-state index is 0.00559. The van der Waals surface area contributed by atoms with Crippen LogP contribution in [0, 0.1) is 6.92 Å². The number of carbonyl (C=O) groups is 1. The molecule has 5 nitrogen and oxygen atoms in total. The molecule has 0 bridgehead atoms. The standard InChI is InChI=1S/C20H22N4OS/c1-15-7-6-10-17(13-15)19-22-23-20(24(19)2)26-14-18(25)21-12-11-16-8-4-3-5-9-16/h3-10,13H,11-12,14H2,1-2H3,(H,21,25). The maximum Gasteiger partial charge on any atom is 0.230 e. The maximum absolute atomic E-state index is 12.0. The Labute approximate surface area is 157 Å². The number of amides is 1. The summed E-state index contributed by atoms with van der Waals surface area (Å²) in [6, 6.07) is 18.3. The van der Waals surface area contributed by atoms with Crippen LogP contribution in [0.1, 0.15) is 11.1 Å². The molecule has 1 aromatic heterocycles. The van der Waals surface area contributed by atoms with E-state index in [4.69, 9.17) is 0 Å². The van der Waals surface area contributed by atoms with Gasteiger partial charge in [0.25, 0.3) is 0 Å². The van der Waals surface area contributed by atoms with Crippen LogP contribution in [0.15, 0.2) is 59.8 Å². The van der Waals surface area contributed by atoms with E-state index >= 15 is 0 Å². The van der Waals surface area contributed by atoms with Crippen LogP contribution in [0.5, 0.6) is 0 Å². The topological polar surface area (TPSA) is 59.8 Å². The van der Waals surface area contributed by atoms with Gasteiger partial charge in [0.2, 0.25) is 5.91 Å². The van der Waals surface area contributed by atoms with Crippen LogP contribution >= 0.6 is 11.8 Å². The van der Waals surface area contributed by atoms with Gasteiger partial charge < -0.3 is 9.88 Å². The first kappa shape index (κ1) is 18.2. The summed E-state index contributed by atoms with van der Waals surface area (Å²) in [5.74, 6) is 1.14. The third-order valence-electron chi connectivity index (χ3n) is 4.02. The molecule has 0 unspecified atom stereocenters. The molecular formula is C20H22N4OS. The van der Waals surface area contributed by atoms with E-state index in [0.29, 0.717) is 12.3 Å². The lowest BCUT2D eigenvalue weighted by atomic mass is 10.1. The molecule has 1 amide bonds. The highest BCUT2D eigenvalue weighted by atomic mass is 32.2. The number of aryl methyl sites for hydroxylation is 1. The van der Waals surface area contributed by atoms with E-state index in [1.807, 2.05) is 41.9 Å². The van der Waals surface area contributed by atoms with Crippen molar-refractivity contribution in [2.75, 3.05) is 12.3 Å². The van der Waals surface area contributed by atoms with Gasteiger partial charge in [0, 0.05) is 19.2 Å². The molecule has 0 aliphatic carbocycles. The molecule has 26 heavy (non-hydrogen) atoms. The fourth-order valence-corrected chi connectivity index (χ4v) is 3.39. The first-order valence-electron chi connectivity index (χ1n) is 8.53. The highest BCUT2D eigenvalue weighted by molar-refractivity contribution is 7.99. The Morgan fingerprint density at radius 2 is 1.92 bits per heavy atom. The van der Waals surface area contributed by atoms with E-state index in [0.717, 1.165) is 23.0 Å². The molecule has 0 saturated carbocycles. The molecule has 2 aromatic carbocycles. The molecule has 3 aromatic rings. The summed E-state index contributed by atoms with van der Waals surface area (Å²) in [5, 5.41) is 12.2. The maximum atomic E-state index is 12.0. The first-order valence-corrected chi connectivity index (χ1v) is 9.52. The fraction of sp³-hybridized carbons (Fsp3) is 0.250. The average molecular weight is 366 g/mol. The largest absolute Gasteiger partial charge is 0.355 e. The van der Waals surface area contributed by atoms with Crippen molar-refractivity contribution in [2.24, 2.45) is 7.05 Å². The molecule has 0 atom stereocenters. The van der Waals surface area contributed by atoms with Crippen LogP contribution in [-0.4, -0.2) is 33.0 Å². The van der Waals surface area contributed by atoms with Crippen molar-refractivity contribution >= 4 is 17.7 Å². The summed E-state index contributed by atoms with van der Waals surface area (Å²) < 4.78 is 1.93. The fourth-order valence-electron chi connectivity index (χ4n) is 2.65. The molecule has 0 saturated heterocycles. The van der Waals surface area contributed by atoms with Gasteiger partial charge in [-0.25, -0.2) is 0 Å². The lowest BCUT2D eigenvalue weighted by Gasteiger charge is -2.06. The zero-order valence-electron chi connectivity index (χ0n) is 15.0. The second-order valence-corrected chi connectivity index (χ2v) is 7.05. The number of nitrogens with one attached hydrogen (secondary N) is 1. The minimum Gasteiger partial charge on any atom is -0.355 e. The van der Waals surface area contributed by atoms with Gasteiger partial charge in [-0.15, -0.1) is 10.2 Å². The van der Waals surface area contributed by atoms with Crippen LogP contribution in [0.25, 0.3) is 11.4 Å². The number of thioether (sulfide) groups is 1. The van der Waals surface area contributed by atoms with Crippen molar-refractivity contribution in [1.82, 2.24) is 20.1 Å². The van der Waals surface area contributed by atoms with E-state index in [9.17, 15) is 4.79 Å². The lowest BCUT2D eigenvalue weighted by molar-refractivity contribution is -0.118. The van der Waals surface area contributed by atoms with Crippen LogP contribution in [0.4, 0.5) is 0 Å². The molecular weight excluding hydrogens is 344 g/mol. The average Bonchev–Trinajstić information content (AvgIpc) is 3.01. The Morgan fingerprint density at radius 3 is 2.69 bits per heavy atom. The van der Waals surface area contributed by atoms with Crippen LogP contribution < -0.4 is 5.32 Å². The van der Waals surface area contributed by atoms with Crippen molar-refractivity contribution in [1.29, 1.82) is 0 Å². The van der Waals surface area contributed by atoms with Gasteiger partial charge in [0.15, 0.2) is 11.0 Å². The Bertz CT molecular complexity index is 877. The number of carbonyl (C=O) groups excluding carboxylic acids is 1. The molecule has 134 valence electrons. The van der Waals surface area contributed by atoms with Crippen molar-refractivity contribution in [3.05, 3.63) is 65.7 Å². The zero-order chi connectivity index (χ0) is 18.4. The van der Waals surface area contributed by atoms with Gasteiger partial charge in [0.1, 0.15) is 0 Å². The number of aromatic nitrogens is 3. The highest BCUT2D eigenvalue weighted by Gasteiger charge is 2.12. The Hall–Kier alpha value is -2.60. The molecule has 0 aliphatic heterocycles. The minimum absolute atomic E-state index is 0.00559. The normalized spacial score (nSPS) is 10.7. The van der Waals surface area contributed by atoms with E-state index in [2.05, 4.69) is 46.7 Å². The third-order valence-corrected chi connectivity index (χ3v) is 5.04. The molecule has 0 spiro atoms. The van der Waals surface area contributed by atoms with E-state index in [1.165, 1.54) is 22.9 Å². The van der Waals surface area contributed by atoms with E-state index < -0.39 is 0 Å². The first-order chi connectivity index (χ1) is 12.6. The second-order valence-electron chi connectivity index (χ2n) is 6.11. The molecule has 0 aliphatic rings. The molecule has 3 rings (SSSR count). The van der Waals surface area contributed by atoms with Crippen molar-refractivity contribution < 1.29 is 4.79 Å². The predicted octanol–water partition coefficient (Wildman–Crippen LogP) is 3.24. The van der Waals surface area contributed by atoms with Crippen LogP contribution in [0.3, 0.4) is 0 Å². The Morgan fingerprint density at radius 1 is 1.12 bits per heavy atom. The second kappa shape index (κ2) is 8.67. The SMILES string of the molecule is Cc1cccc(-c2nnc(SCC(=O)NCCc3ccccc3)n2C)c1. The van der Waals surface area contributed by atoms with Gasteiger partial charge in [0.05, 0.1) is 5.75 Å². The van der Waals surface area contributed by atoms with Gasteiger partial charge >= 0.3 is 0 Å². The van der Waals surface area contributed by atoms with Crippen LogP contribution in [-0.2, 0) is 18.3 Å². The number of hydrogen-bond donors (Lipinski definition) is 1. The zero-order valence-corrected chi connectivity index (χ0v) is 15.8. The van der Waals surface area contributed by atoms with E-state index in [1.54, 1.807) is 0 Å². The van der Waals surface area contributed by atoms with Gasteiger partial charge in [-0.3, -0.25) is 4.79 Å². The van der Waals surface area contributed by atoms with Gasteiger partial charge in [-0.2, -0.15) is 0 Å². The number of benzene rings is 2.